The lowest BCUT2D eigenvalue weighted by molar-refractivity contribution is 0.326. The van der Waals surface area contributed by atoms with Crippen molar-refractivity contribution in [2.75, 3.05) is 12.3 Å². The fraction of sp³-hybridized carbons (Fsp3) is 0.348. The summed E-state index contributed by atoms with van der Waals surface area (Å²) < 4.78 is 2.12. The summed E-state index contributed by atoms with van der Waals surface area (Å²) >= 11 is 6.38. The van der Waals surface area contributed by atoms with Crippen molar-refractivity contribution in [1.82, 2.24) is 19.4 Å². The fourth-order valence-corrected chi connectivity index (χ4v) is 4.90. The average molecular weight is 421 g/mol. The number of H-pyrrole nitrogens is 1. The van der Waals surface area contributed by atoms with Gasteiger partial charge in [-0.2, -0.15) is 0 Å². The van der Waals surface area contributed by atoms with Crippen LogP contribution in [0.25, 0.3) is 27.8 Å². The van der Waals surface area contributed by atoms with Crippen LogP contribution < -0.4 is 5.73 Å². The van der Waals surface area contributed by atoms with E-state index in [0.717, 1.165) is 53.0 Å². The summed E-state index contributed by atoms with van der Waals surface area (Å²) in [6.07, 6.45) is 10.2. The van der Waals surface area contributed by atoms with Crippen LogP contribution in [0.4, 0.5) is 5.82 Å². The molecule has 0 unspecified atom stereocenters. The van der Waals surface area contributed by atoms with Gasteiger partial charge in [0, 0.05) is 30.2 Å². The van der Waals surface area contributed by atoms with Crippen molar-refractivity contribution >= 4 is 40.1 Å². The van der Waals surface area contributed by atoms with Crippen LogP contribution in [0, 0.1) is 5.92 Å². The van der Waals surface area contributed by atoms with Gasteiger partial charge in [0.25, 0.3) is 0 Å². The van der Waals surface area contributed by atoms with Gasteiger partial charge < -0.3 is 10.7 Å². The molecule has 3 aromatic heterocycles. The Morgan fingerprint density at radius 2 is 2.13 bits per heavy atom. The number of halogens is 1. The highest BCUT2D eigenvalue weighted by Gasteiger charge is 2.27. The van der Waals surface area contributed by atoms with Crippen LogP contribution in [0.1, 0.15) is 44.3 Å². The number of nitrogens with two attached hydrogens (primary N) is 1. The molecule has 1 aliphatic carbocycles. The predicted octanol–water partition coefficient (Wildman–Crippen LogP) is 5.48. The van der Waals surface area contributed by atoms with E-state index in [2.05, 4.69) is 25.4 Å². The molecule has 0 bridgehead atoms. The van der Waals surface area contributed by atoms with Crippen molar-refractivity contribution < 1.29 is 0 Å². The number of fused-ring (bicyclic) bond motifs is 2. The maximum absolute atomic E-state index is 6.38. The van der Waals surface area contributed by atoms with Gasteiger partial charge >= 0.3 is 0 Å². The maximum atomic E-state index is 6.38. The van der Waals surface area contributed by atoms with Crippen LogP contribution in [0.5, 0.6) is 0 Å². The van der Waals surface area contributed by atoms with Crippen molar-refractivity contribution in [3.05, 3.63) is 47.5 Å². The summed E-state index contributed by atoms with van der Waals surface area (Å²) in [5.74, 6) is 2.63. The molecule has 1 aliphatic rings. The molecule has 0 aliphatic heterocycles. The SMILES string of the molecule is CC=NCC1CCC(c2nc(-c3cc4cccc(Cl)c4[nH]3)c3c(N)nccn23)CC1. The molecule has 0 spiro atoms. The summed E-state index contributed by atoms with van der Waals surface area (Å²) in [6.45, 7) is 2.92. The molecule has 30 heavy (non-hydrogen) atoms. The Bertz CT molecular complexity index is 1230. The van der Waals surface area contributed by atoms with Crippen LogP contribution in [0.3, 0.4) is 0 Å². The van der Waals surface area contributed by atoms with Crippen LogP contribution in [-0.2, 0) is 0 Å². The number of nitrogens with one attached hydrogen (secondary N) is 1. The lowest BCUT2D eigenvalue weighted by Crippen LogP contribution is -2.17. The van der Waals surface area contributed by atoms with E-state index >= 15 is 0 Å². The first-order chi connectivity index (χ1) is 14.7. The minimum Gasteiger partial charge on any atom is -0.382 e. The fourth-order valence-electron chi connectivity index (χ4n) is 4.67. The van der Waals surface area contributed by atoms with Gasteiger partial charge in [0.2, 0.25) is 0 Å². The molecule has 0 radical (unpaired) electrons. The van der Waals surface area contributed by atoms with Crippen LogP contribution in [0.15, 0.2) is 41.7 Å². The molecule has 1 saturated carbocycles. The van der Waals surface area contributed by atoms with Crippen molar-refractivity contribution in [1.29, 1.82) is 0 Å². The molecule has 1 fully saturated rings. The van der Waals surface area contributed by atoms with E-state index < -0.39 is 0 Å². The topological polar surface area (TPSA) is 84.4 Å². The van der Waals surface area contributed by atoms with E-state index in [9.17, 15) is 0 Å². The Balaban J connectivity index is 1.56. The molecule has 154 valence electrons. The summed E-state index contributed by atoms with van der Waals surface area (Å²) in [6, 6.07) is 7.97. The number of aromatic amines is 1. The van der Waals surface area contributed by atoms with Crippen LogP contribution in [-0.4, -0.2) is 32.1 Å². The monoisotopic (exact) mass is 420 g/mol. The van der Waals surface area contributed by atoms with E-state index in [1.54, 1.807) is 6.20 Å². The number of nitrogen functional groups attached to an aromatic ring is 1. The van der Waals surface area contributed by atoms with Gasteiger partial charge in [0.15, 0.2) is 0 Å². The number of hydrogen-bond donors (Lipinski definition) is 2. The van der Waals surface area contributed by atoms with E-state index in [4.69, 9.17) is 22.3 Å². The average Bonchev–Trinajstić information content (AvgIpc) is 3.36. The zero-order valence-electron chi connectivity index (χ0n) is 17.0. The third kappa shape index (κ3) is 3.25. The van der Waals surface area contributed by atoms with Gasteiger partial charge in [-0.3, -0.25) is 9.39 Å². The number of aromatic nitrogens is 4. The Kier molecular flexibility index (Phi) is 4.95. The summed E-state index contributed by atoms with van der Waals surface area (Å²) in [5.41, 5.74) is 9.82. The van der Waals surface area contributed by atoms with Gasteiger partial charge in [-0.1, -0.05) is 23.7 Å². The van der Waals surface area contributed by atoms with E-state index in [0.29, 0.717) is 22.7 Å². The van der Waals surface area contributed by atoms with Crippen LogP contribution in [0.2, 0.25) is 5.02 Å². The molecular weight excluding hydrogens is 396 g/mol. The first-order valence-electron chi connectivity index (χ1n) is 10.5. The van der Waals surface area contributed by atoms with E-state index in [1.807, 2.05) is 37.5 Å². The normalized spacial score (nSPS) is 19.9. The Morgan fingerprint density at radius 3 is 2.90 bits per heavy atom. The number of nitrogens with zero attached hydrogens (tertiary/aromatic N) is 4. The van der Waals surface area contributed by atoms with Crippen molar-refractivity contribution in [2.24, 2.45) is 10.9 Å². The minimum absolute atomic E-state index is 0.405. The Labute approximate surface area is 180 Å². The third-order valence-electron chi connectivity index (χ3n) is 6.23. The first kappa shape index (κ1) is 19.1. The van der Waals surface area contributed by atoms with Crippen molar-refractivity contribution in [3.8, 4) is 11.4 Å². The lowest BCUT2D eigenvalue weighted by Gasteiger charge is -2.26. The first-order valence-corrected chi connectivity index (χ1v) is 10.9. The number of hydrogen-bond acceptors (Lipinski definition) is 4. The van der Waals surface area contributed by atoms with Gasteiger partial charge in [-0.05, 0) is 56.9 Å². The zero-order valence-corrected chi connectivity index (χ0v) is 17.7. The van der Waals surface area contributed by atoms with Crippen LogP contribution >= 0.6 is 11.6 Å². The number of anilines is 1. The number of para-hydroxylation sites is 1. The van der Waals surface area contributed by atoms with Gasteiger partial charge in [0.05, 0.1) is 16.2 Å². The van der Waals surface area contributed by atoms with Crippen molar-refractivity contribution in [3.63, 3.8) is 0 Å². The summed E-state index contributed by atoms with van der Waals surface area (Å²) in [7, 11) is 0. The second-order valence-corrected chi connectivity index (χ2v) is 8.48. The number of benzene rings is 1. The van der Waals surface area contributed by atoms with Crippen molar-refractivity contribution in [2.45, 2.75) is 38.5 Å². The standard InChI is InChI=1S/C23H25ClN6/c1-2-26-13-14-6-8-15(9-7-14)23-29-20(21-22(25)27-10-11-30(21)23)18-12-16-4-3-5-17(24)19(16)28-18/h2-5,10-12,14-15,28H,6-9,13H2,1H3,(H2,25,27). The van der Waals surface area contributed by atoms with E-state index in [1.165, 1.54) is 12.8 Å². The second-order valence-electron chi connectivity index (χ2n) is 8.08. The number of imidazole rings is 1. The third-order valence-corrected chi connectivity index (χ3v) is 6.54. The second kappa shape index (κ2) is 7.76. The van der Waals surface area contributed by atoms with Gasteiger partial charge in [0.1, 0.15) is 22.9 Å². The molecule has 5 rings (SSSR count). The molecule has 3 heterocycles. The highest BCUT2D eigenvalue weighted by molar-refractivity contribution is 6.35. The molecule has 7 heteroatoms. The zero-order chi connectivity index (χ0) is 20.7. The highest BCUT2D eigenvalue weighted by atomic mass is 35.5. The Hall–Kier alpha value is -2.86. The molecule has 0 saturated heterocycles. The highest BCUT2D eigenvalue weighted by Crippen LogP contribution is 2.39. The Morgan fingerprint density at radius 1 is 1.30 bits per heavy atom. The minimum atomic E-state index is 0.405. The number of aliphatic imine (C=N–C) groups is 1. The van der Waals surface area contributed by atoms with Gasteiger partial charge in [-0.25, -0.2) is 9.97 Å². The molecular formula is C23H25ClN6. The molecule has 1 aromatic carbocycles. The molecule has 4 aromatic rings. The number of rotatable bonds is 4. The quantitative estimate of drug-likeness (QED) is 0.429. The molecule has 6 nitrogen and oxygen atoms in total. The largest absolute Gasteiger partial charge is 0.382 e. The molecule has 0 atom stereocenters. The summed E-state index contributed by atoms with van der Waals surface area (Å²) in [4.78, 5) is 17.3. The lowest BCUT2D eigenvalue weighted by atomic mass is 9.81. The molecule has 0 amide bonds. The summed E-state index contributed by atoms with van der Waals surface area (Å²) in [5, 5.41) is 1.75. The van der Waals surface area contributed by atoms with E-state index in [-0.39, 0.29) is 0 Å². The van der Waals surface area contributed by atoms with Gasteiger partial charge in [-0.15, -0.1) is 0 Å². The molecule has 3 N–H and O–H groups in total. The maximum Gasteiger partial charge on any atom is 0.150 e. The predicted molar refractivity (Wildman–Crippen MR) is 123 cm³/mol. The smallest absolute Gasteiger partial charge is 0.150 e.